The molecule has 1 aliphatic rings. The molecule has 1 unspecified atom stereocenters. The maximum Gasteiger partial charge on any atom is 0.413 e. The largest absolute Gasteiger partial charge is 0.413 e. The number of hydrogen-bond acceptors (Lipinski definition) is 4. The van der Waals surface area contributed by atoms with Crippen molar-refractivity contribution in [2.45, 2.75) is 12.8 Å². The maximum atomic E-state index is 11.3. The molecular weight excluding hydrogens is 172 g/mol. The van der Waals surface area contributed by atoms with E-state index in [4.69, 9.17) is 9.47 Å². The van der Waals surface area contributed by atoms with Crippen molar-refractivity contribution >= 4 is 6.09 Å². The number of methoxy groups -OCH3 is 1. The minimum Gasteiger partial charge on any atom is -0.405 e. The van der Waals surface area contributed by atoms with Gasteiger partial charge in [-0.15, -0.1) is 0 Å². The standard InChI is InChI=1S/C8H16N2O3/c1-9(2)8(12-3)13-7(11)10-5-4-6-10/h8H,4-6H2,1-3H3. The van der Waals surface area contributed by atoms with Gasteiger partial charge < -0.3 is 14.4 Å². The van der Waals surface area contributed by atoms with Gasteiger partial charge in [-0.25, -0.2) is 4.79 Å². The van der Waals surface area contributed by atoms with Crippen molar-refractivity contribution in [1.82, 2.24) is 9.80 Å². The third-order valence-electron chi connectivity index (χ3n) is 1.94. The van der Waals surface area contributed by atoms with Crippen LogP contribution >= 0.6 is 0 Å². The summed E-state index contributed by atoms with van der Waals surface area (Å²) in [6, 6.07) is 0. The van der Waals surface area contributed by atoms with Crippen LogP contribution in [-0.2, 0) is 9.47 Å². The quantitative estimate of drug-likeness (QED) is 0.598. The van der Waals surface area contributed by atoms with Gasteiger partial charge in [-0.1, -0.05) is 0 Å². The number of carbonyl (C=O) groups excluding carboxylic acids is 1. The molecule has 1 saturated heterocycles. The highest BCUT2D eigenvalue weighted by molar-refractivity contribution is 5.68. The van der Waals surface area contributed by atoms with Crippen molar-refractivity contribution in [1.29, 1.82) is 0 Å². The second-order valence-corrected chi connectivity index (χ2v) is 3.23. The molecule has 0 spiro atoms. The molecule has 13 heavy (non-hydrogen) atoms. The Morgan fingerprint density at radius 2 is 2.08 bits per heavy atom. The minimum absolute atomic E-state index is 0.299. The smallest absolute Gasteiger partial charge is 0.405 e. The number of amides is 1. The van der Waals surface area contributed by atoms with Crippen molar-refractivity contribution < 1.29 is 14.3 Å². The lowest BCUT2D eigenvalue weighted by Crippen LogP contribution is -2.46. The summed E-state index contributed by atoms with van der Waals surface area (Å²) in [6.45, 7) is 1.59. The molecule has 1 atom stereocenters. The summed E-state index contributed by atoms with van der Waals surface area (Å²) in [7, 11) is 5.09. The van der Waals surface area contributed by atoms with E-state index in [0.717, 1.165) is 19.5 Å². The SMILES string of the molecule is COC(OC(=O)N1CCC1)N(C)C. The van der Waals surface area contributed by atoms with E-state index in [2.05, 4.69) is 0 Å². The number of likely N-dealkylation sites (tertiary alicyclic amines) is 1. The van der Waals surface area contributed by atoms with Crippen molar-refractivity contribution in [2.24, 2.45) is 0 Å². The number of hydrogen-bond donors (Lipinski definition) is 0. The highest BCUT2D eigenvalue weighted by Crippen LogP contribution is 2.09. The summed E-state index contributed by atoms with van der Waals surface area (Å²) in [6.07, 6.45) is 0.175. The molecule has 1 rings (SSSR count). The van der Waals surface area contributed by atoms with Crippen LogP contribution < -0.4 is 0 Å². The van der Waals surface area contributed by atoms with Gasteiger partial charge in [-0.2, -0.15) is 0 Å². The zero-order valence-corrected chi connectivity index (χ0v) is 8.32. The molecule has 5 heteroatoms. The van der Waals surface area contributed by atoms with Crippen LogP contribution in [0.1, 0.15) is 6.42 Å². The number of carbonyl (C=O) groups is 1. The van der Waals surface area contributed by atoms with Crippen LogP contribution in [0.3, 0.4) is 0 Å². The Bertz CT molecular complexity index is 180. The van der Waals surface area contributed by atoms with Crippen LogP contribution in [0.5, 0.6) is 0 Å². The Balaban J connectivity index is 2.31. The van der Waals surface area contributed by atoms with Crippen LogP contribution in [0.25, 0.3) is 0 Å². The third kappa shape index (κ3) is 2.57. The van der Waals surface area contributed by atoms with E-state index in [9.17, 15) is 4.79 Å². The van der Waals surface area contributed by atoms with Gasteiger partial charge in [0, 0.05) is 20.2 Å². The average molecular weight is 188 g/mol. The van der Waals surface area contributed by atoms with Crippen molar-refractivity contribution in [3.63, 3.8) is 0 Å². The molecule has 1 heterocycles. The zero-order chi connectivity index (χ0) is 9.84. The van der Waals surface area contributed by atoms with E-state index in [0.29, 0.717) is 0 Å². The van der Waals surface area contributed by atoms with Crippen LogP contribution in [-0.4, -0.2) is 56.6 Å². The van der Waals surface area contributed by atoms with E-state index in [1.54, 1.807) is 23.9 Å². The molecule has 1 amide bonds. The second-order valence-electron chi connectivity index (χ2n) is 3.23. The Hall–Kier alpha value is -0.810. The van der Waals surface area contributed by atoms with Crippen molar-refractivity contribution in [3.8, 4) is 0 Å². The molecule has 0 radical (unpaired) electrons. The third-order valence-corrected chi connectivity index (χ3v) is 1.94. The summed E-state index contributed by atoms with van der Waals surface area (Å²) in [4.78, 5) is 14.6. The van der Waals surface area contributed by atoms with E-state index in [1.165, 1.54) is 7.11 Å². The van der Waals surface area contributed by atoms with Crippen LogP contribution in [0.4, 0.5) is 4.79 Å². The van der Waals surface area contributed by atoms with E-state index in [-0.39, 0.29) is 6.09 Å². The zero-order valence-electron chi connectivity index (χ0n) is 8.32. The van der Waals surface area contributed by atoms with Crippen molar-refractivity contribution in [2.75, 3.05) is 34.3 Å². The van der Waals surface area contributed by atoms with Crippen LogP contribution in [0, 0.1) is 0 Å². The minimum atomic E-state index is -0.590. The normalized spacial score (nSPS) is 18.3. The predicted octanol–water partition coefficient (Wildman–Crippen LogP) is 0.320. The van der Waals surface area contributed by atoms with Gasteiger partial charge >= 0.3 is 6.09 Å². The first-order valence-electron chi connectivity index (χ1n) is 4.30. The maximum absolute atomic E-state index is 11.3. The summed E-state index contributed by atoms with van der Waals surface area (Å²) < 4.78 is 10.0. The fourth-order valence-electron chi connectivity index (χ4n) is 1.02. The molecule has 0 aromatic heterocycles. The highest BCUT2D eigenvalue weighted by atomic mass is 16.7. The summed E-state index contributed by atoms with van der Waals surface area (Å²) in [5.74, 6) is 0. The Morgan fingerprint density at radius 3 is 2.38 bits per heavy atom. The van der Waals surface area contributed by atoms with Gasteiger partial charge in [0.25, 0.3) is 6.41 Å². The van der Waals surface area contributed by atoms with E-state index in [1.807, 2.05) is 0 Å². The Morgan fingerprint density at radius 1 is 1.46 bits per heavy atom. The van der Waals surface area contributed by atoms with Gasteiger partial charge in [0.2, 0.25) is 0 Å². The summed E-state index contributed by atoms with van der Waals surface area (Å²) >= 11 is 0. The highest BCUT2D eigenvalue weighted by Gasteiger charge is 2.25. The molecule has 0 aromatic carbocycles. The van der Waals surface area contributed by atoms with Gasteiger partial charge in [0.15, 0.2) is 0 Å². The molecule has 0 N–H and O–H groups in total. The molecule has 1 fully saturated rings. The predicted molar refractivity (Wildman–Crippen MR) is 47.2 cm³/mol. The molecular formula is C8H16N2O3. The fourth-order valence-corrected chi connectivity index (χ4v) is 1.02. The number of rotatable bonds is 3. The lowest BCUT2D eigenvalue weighted by Gasteiger charge is -2.32. The first-order chi connectivity index (χ1) is 6.15. The summed E-state index contributed by atoms with van der Waals surface area (Å²) in [5, 5.41) is 0. The Labute approximate surface area is 78.2 Å². The van der Waals surface area contributed by atoms with E-state index >= 15 is 0 Å². The fraction of sp³-hybridized carbons (Fsp3) is 0.875. The average Bonchev–Trinajstić information content (AvgIpc) is 1.96. The molecule has 1 aliphatic heterocycles. The first kappa shape index (κ1) is 10.3. The van der Waals surface area contributed by atoms with Crippen LogP contribution in [0.15, 0.2) is 0 Å². The monoisotopic (exact) mass is 188 g/mol. The van der Waals surface area contributed by atoms with Crippen LogP contribution in [0.2, 0.25) is 0 Å². The number of ether oxygens (including phenoxy) is 2. The Kier molecular flexibility index (Phi) is 3.50. The van der Waals surface area contributed by atoms with E-state index < -0.39 is 6.41 Å². The van der Waals surface area contributed by atoms with Gasteiger partial charge in [0.05, 0.1) is 0 Å². The summed E-state index contributed by atoms with van der Waals surface area (Å²) in [5.41, 5.74) is 0. The topological polar surface area (TPSA) is 42.0 Å². The lowest BCUT2D eigenvalue weighted by molar-refractivity contribution is -0.167. The van der Waals surface area contributed by atoms with Gasteiger partial charge in [0.1, 0.15) is 0 Å². The molecule has 0 aliphatic carbocycles. The first-order valence-corrected chi connectivity index (χ1v) is 4.30. The molecule has 76 valence electrons. The molecule has 0 aromatic rings. The van der Waals surface area contributed by atoms with Gasteiger partial charge in [-0.05, 0) is 20.5 Å². The molecule has 0 saturated carbocycles. The lowest BCUT2D eigenvalue weighted by atomic mass is 10.2. The second kappa shape index (κ2) is 4.43. The van der Waals surface area contributed by atoms with Crippen molar-refractivity contribution in [3.05, 3.63) is 0 Å². The van der Waals surface area contributed by atoms with Gasteiger partial charge in [-0.3, -0.25) is 4.90 Å². The number of nitrogens with zero attached hydrogens (tertiary/aromatic N) is 2. The molecule has 0 bridgehead atoms. The molecule has 5 nitrogen and oxygen atoms in total.